The average molecular weight is 320 g/mol. The lowest BCUT2D eigenvalue weighted by Crippen LogP contribution is -2.14. The molecule has 1 rings (SSSR count). The van der Waals surface area contributed by atoms with Gasteiger partial charge in [0.05, 0.1) is 17.7 Å². The minimum Gasteiger partial charge on any atom is -0.478 e. The molecule has 0 aliphatic heterocycles. The molecule has 124 valence electrons. The Bertz CT molecular complexity index is 672. The highest BCUT2D eigenvalue weighted by Crippen LogP contribution is 2.24. The van der Waals surface area contributed by atoms with Crippen molar-refractivity contribution >= 4 is 17.9 Å². The van der Waals surface area contributed by atoms with E-state index in [4.69, 9.17) is 9.84 Å². The highest BCUT2D eigenvalue weighted by atomic mass is 16.5. The molecule has 0 heterocycles. The predicted molar refractivity (Wildman–Crippen MR) is 83.9 cm³/mol. The highest BCUT2D eigenvalue weighted by Gasteiger charge is 2.21. The topological polar surface area (TPSA) is 101 Å². The third-order valence-electron chi connectivity index (χ3n) is 3.51. The second-order valence-electron chi connectivity index (χ2n) is 5.35. The van der Waals surface area contributed by atoms with Crippen LogP contribution in [0.25, 0.3) is 0 Å². The van der Waals surface area contributed by atoms with Gasteiger partial charge in [-0.15, -0.1) is 0 Å². The Balaban J connectivity index is 3.00. The number of benzene rings is 1. The Morgan fingerprint density at radius 2 is 1.78 bits per heavy atom. The van der Waals surface area contributed by atoms with Crippen LogP contribution in [-0.4, -0.2) is 34.7 Å². The summed E-state index contributed by atoms with van der Waals surface area (Å²) >= 11 is 0. The Morgan fingerprint density at radius 1 is 1.17 bits per heavy atom. The second kappa shape index (κ2) is 7.58. The van der Waals surface area contributed by atoms with Crippen LogP contribution in [0.15, 0.2) is 18.2 Å². The minimum atomic E-state index is -1.16. The molecule has 6 nitrogen and oxygen atoms in total. The maximum atomic E-state index is 11.5. The zero-order valence-electron chi connectivity index (χ0n) is 13.4. The lowest BCUT2D eigenvalue weighted by molar-refractivity contribution is -0.139. The van der Waals surface area contributed by atoms with Crippen LogP contribution in [0.2, 0.25) is 0 Å². The van der Waals surface area contributed by atoms with Gasteiger partial charge < -0.3 is 14.9 Å². The maximum absolute atomic E-state index is 11.5. The number of carboxylic acids is 2. The van der Waals surface area contributed by atoms with Gasteiger partial charge in [-0.2, -0.15) is 0 Å². The summed E-state index contributed by atoms with van der Waals surface area (Å²) in [6.45, 7) is 8.32. The van der Waals surface area contributed by atoms with Crippen molar-refractivity contribution in [1.82, 2.24) is 0 Å². The number of carboxylic acid groups (broad SMARTS) is 2. The summed E-state index contributed by atoms with van der Waals surface area (Å²) in [6.07, 6.45) is 0.809. The lowest BCUT2D eigenvalue weighted by Gasteiger charge is -2.15. The molecule has 0 unspecified atom stereocenters. The Hall–Kier alpha value is -2.63. The number of aryl methyl sites for hydroxylation is 1. The van der Waals surface area contributed by atoms with Gasteiger partial charge in [-0.1, -0.05) is 6.58 Å². The number of carbonyl (C=O) groups is 3. The number of aromatic carboxylic acids is 2. The molecular weight excluding hydrogens is 300 g/mol. The summed E-state index contributed by atoms with van der Waals surface area (Å²) in [5.41, 5.74) is 1.67. The quantitative estimate of drug-likeness (QED) is 0.455. The van der Waals surface area contributed by atoms with E-state index in [-0.39, 0.29) is 23.3 Å². The minimum absolute atomic E-state index is 0.00799. The summed E-state index contributed by atoms with van der Waals surface area (Å²) < 4.78 is 4.98. The van der Waals surface area contributed by atoms with Gasteiger partial charge in [0.15, 0.2) is 0 Å². The number of rotatable bonds is 7. The molecule has 23 heavy (non-hydrogen) atoms. The zero-order valence-corrected chi connectivity index (χ0v) is 13.4. The van der Waals surface area contributed by atoms with Crippen molar-refractivity contribution in [3.8, 4) is 0 Å². The summed E-state index contributed by atoms with van der Waals surface area (Å²) in [6, 6.07) is 1.47. The Kier molecular flexibility index (Phi) is 6.07. The first-order valence-electron chi connectivity index (χ1n) is 7.09. The SMILES string of the molecule is C=C(C)C(=O)OCCCc1c(C)cc(C(=O)O)c(C)c1C(=O)O. The van der Waals surface area contributed by atoms with E-state index in [0.717, 1.165) is 0 Å². The van der Waals surface area contributed by atoms with Crippen LogP contribution in [0.4, 0.5) is 0 Å². The van der Waals surface area contributed by atoms with E-state index in [1.165, 1.54) is 13.0 Å². The van der Waals surface area contributed by atoms with E-state index in [2.05, 4.69) is 6.58 Å². The van der Waals surface area contributed by atoms with E-state index < -0.39 is 17.9 Å². The van der Waals surface area contributed by atoms with Crippen molar-refractivity contribution in [2.75, 3.05) is 6.61 Å². The fourth-order valence-corrected chi connectivity index (χ4v) is 2.34. The fourth-order valence-electron chi connectivity index (χ4n) is 2.34. The Labute approximate surface area is 134 Å². The smallest absolute Gasteiger partial charge is 0.336 e. The lowest BCUT2D eigenvalue weighted by atomic mass is 9.90. The van der Waals surface area contributed by atoms with Gasteiger partial charge in [-0.25, -0.2) is 14.4 Å². The largest absolute Gasteiger partial charge is 0.478 e. The molecule has 0 saturated heterocycles. The molecule has 0 atom stereocenters. The molecule has 0 aromatic heterocycles. The van der Waals surface area contributed by atoms with Gasteiger partial charge in [-0.3, -0.25) is 0 Å². The highest BCUT2D eigenvalue weighted by molar-refractivity contribution is 5.98. The molecule has 6 heteroatoms. The molecule has 0 saturated carbocycles. The van der Waals surface area contributed by atoms with Crippen molar-refractivity contribution in [3.05, 3.63) is 46.0 Å². The molecular formula is C17H20O6. The zero-order chi connectivity index (χ0) is 17.7. The number of carbonyl (C=O) groups excluding carboxylic acids is 1. The van der Waals surface area contributed by atoms with Gasteiger partial charge in [0.2, 0.25) is 0 Å². The van der Waals surface area contributed by atoms with Crippen molar-refractivity contribution in [3.63, 3.8) is 0 Å². The monoisotopic (exact) mass is 320 g/mol. The fraction of sp³-hybridized carbons (Fsp3) is 0.353. The van der Waals surface area contributed by atoms with Gasteiger partial charge in [0, 0.05) is 5.57 Å². The van der Waals surface area contributed by atoms with E-state index in [1.807, 2.05) is 0 Å². The summed E-state index contributed by atoms with van der Waals surface area (Å²) in [5, 5.41) is 18.6. The van der Waals surface area contributed by atoms with Crippen LogP contribution in [0, 0.1) is 13.8 Å². The molecule has 1 aromatic rings. The summed E-state index contributed by atoms with van der Waals surface area (Å²) in [5.74, 6) is -2.81. The first-order valence-corrected chi connectivity index (χ1v) is 7.09. The molecule has 0 aliphatic carbocycles. The molecule has 2 N–H and O–H groups in total. The molecule has 0 bridgehead atoms. The van der Waals surface area contributed by atoms with E-state index in [9.17, 15) is 19.5 Å². The van der Waals surface area contributed by atoms with Crippen LogP contribution in [0.1, 0.15) is 50.8 Å². The van der Waals surface area contributed by atoms with Crippen molar-refractivity contribution in [2.24, 2.45) is 0 Å². The van der Waals surface area contributed by atoms with Crippen LogP contribution in [0.3, 0.4) is 0 Å². The van der Waals surface area contributed by atoms with Crippen molar-refractivity contribution in [1.29, 1.82) is 0 Å². The van der Waals surface area contributed by atoms with Gasteiger partial charge >= 0.3 is 17.9 Å². The summed E-state index contributed by atoms with van der Waals surface area (Å²) in [7, 11) is 0. The van der Waals surface area contributed by atoms with Gasteiger partial charge in [0.25, 0.3) is 0 Å². The summed E-state index contributed by atoms with van der Waals surface area (Å²) in [4.78, 5) is 34.0. The molecule has 0 radical (unpaired) electrons. The van der Waals surface area contributed by atoms with E-state index in [1.54, 1.807) is 13.8 Å². The maximum Gasteiger partial charge on any atom is 0.336 e. The van der Waals surface area contributed by atoms with Crippen LogP contribution < -0.4 is 0 Å². The molecule has 0 fully saturated rings. The third-order valence-corrected chi connectivity index (χ3v) is 3.51. The van der Waals surface area contributed by atoms with E-state index >= 15 is 0 Å². The normalized spacial score (nSPS) is 10.2. The second-order valence-corrected chi connectivity index (χ2v) is 5.35. The average Bonchev–Trinajstić information content (AvgIpc) is 2.45. The van der Waals surface area contributed by atoms with Crippen LogP contribution in [-0.2, 0) is 16.0 Å². The van der Waals surface area contributed by atoms with Crippen LogP contribution in [0.5, 0.6) is 0 Å². The Morgan fingerprint density at radius 3 is 2.26 bits per heavy atom. The molecule has 0 aliphatic rings. The molecule has 0 amide bonds. The predicted octanol–water partition coefficient (Wildman–Crippen LogP) is 2.75. The van der Waals surface area contributed by atoms with Crippen molar-refractivity contribution < 1.29 is 29.3 Å². The van der Waals surface area contributed by atoms with Crippen molar-refractivity contribution in [2.45, 2.75) is 33.6 Å². The number of hydrogen-bond donors (Lipinski definition) is 2. The van der Waals surface area contributed by atoms with Crippen LogP contribution >= 0.6 is 0 Å². The number of esters is 1. The number of ether oxygens (including phenoxy) is 1. The van der Waals surface area contributed by atoms with Gasteiger partial charge in [-0.05, 0) is 56.4 Å². The number of hydrogen-bond acceptors (Lipinski definition) is 4. The van der Waals surface area contributed by atoms with E-state index in [0.29, 0.717) is 29.5 Å². The first kappa shape index (κ1) is 18.4. The first-order chi connectivity index (χ1) is 10.7. The van der Waals surface area contributed by atoms with Gasteiger partial charge in [0.1, 0.15) is 0 Å². The molecule has 1 aromatic carbocycles. The molecule has 0 spiro atoms. The standard InChI is InChI=1S/C17H20O6/c1-9(2)17(22)23-7-5-6-12-10(3)8-13(15(18)19)11(4)14(12)16(20)21/h8H,1,5-7H2,2-4H3,(H,18,19)(H,20,21). The third kappa shape index (κ3) is 4.42.